The number of sulfonamides is 1. The van der Waals surface area contributed by atoms with Gasteiger partial charge in [-0.25, -0.2) is 4.98 Å². The molecule has 0 bridgehead atoms. The van der Waals surface area contributed by atoms with E-state index in [0.29, 0.717) is 23.4 Å². The second kappa shape index (κ2) is 10.1. The summed E-state index contributed by atoms with van der Waals surface area (Å²) in [5, 5.41) is 3.63. The largest absolute Gasteiger partial charge is 0.350 e. The normalized spacial score (nSPS) is 11.4. The van der Waals surface area contributed by atoms with Crippen LogP contribution in [0.15, 0.2) is 84.0 Å². The van der Waals surface area contributed by atoms with Crippen LogP contribution < -0.4 is 9.62 Å². The van der Waals surface area contributed by atoms with Gasteiger partial charge in [0, 0.05) is 36.7 Å². The molecule has 7 nitrogen and oxygen atoms in total. The zero-order valence-electron chi connectivity index (χ0n) is 18.1. The second-order valence-corrected chi connectivity index (χ2v) is 10.4. The van der Waals surface area contributed by atoms with Crippen molar-refractivity contribution < 1.29 is 13.2 Å². The van der Waals surface area contributed by atoms with Crippen LogP contribution in [0.2, 0.25) is 0 Å². The third-order valence-electron chi connectivity index (χ3n) is 5.12. The van der Waals surface area contributed by atoms with Crippen molar-refractivity contribution in [3.05, 3.63) is 90.3 Å². The molecule has 170 valence electrons. The van der Waals surface area contributed by atoms with Crippen molar-refractivity contribution >= 4 is 44.3 Å². The first-order valence-electron chi connectivity index (χ1n) is 10.4. The molecule has 4 aromatic rings. The smallest absolute Gasteiger partial charge is 0.281 e. The molecule has 2 heterocycles. The van der Waals surface area contributed by atoms with Gasteiger partial charge in [-0.05, 0) is 29.8 Å². The number of aromatic nitrogens is 2. The zero-order chi connectivity index (χ0) is 23.3. The molecule has 1 amide bonds. The SMILES string of the molecule is CN(c1cccc2cc(C(=O)NCCSCc3ccccc3)[nH]c12)S(=O)(=O)c1ccccn1. The van der Waals surface area contributed by atoms with Crippen LogP contribution in [0, 0.1) is 0 Å². The Balaban J connectivity index is 1.44. The molecule has 2 aromatic carbocycles. The van der Waals surface area contributed by atoms with E-state index in [2.05, 4.69) is 27.4 Å². The van der Waals surface area contributed by atoms with E-state index in [0.717, 1.165) is 16.9 Å². The van der Waals surface area contributed by atoms with Crippen LogP contribution in [0.5, 0.6) is 0 Å². The van der Waals surface area contributed by atoms with Crippen LogP contribution in [0.25, 0.3) is 10.9 Å². The number of rotatable bonds is 9. The molecule has 2 N–H and O–H groups in total. The molecule has 2 aromatic heterocycles. The van der Waals surface area contributed by atoms with E-state index in [9.17, 15) is 13.2 Å². The number of thioether (sulfide) groups is 1. The predicted octanol–water partition coefficient (Wildman–Crippen LogP) is 4.05. The minimum Gasteiger partial charge on any atom is -0.350 e. The summed E-state index contributed by atoms with van der Waals surface area (Å²) < 4.78 is 27.2. The van der Waals surface area contributed by atoms with Gasteiger partial charge in [-0.2, -0.15) is 20.2 Å². The van der Waals surface area contributed by atoms with Crippen LogP contribution in [-0.2, 0) is 15.8 Å². The Hall–Kier alpha value is -3.30. The second-order valence-electron chi connectivity index (χ2n) is 7.36. The first kappa shape index (κ1) is 22.9. The summed E-state index contributed by atoms with van der Waals surface area (Å²) in [6.45, 7) is 0.534. The third-order valence-corrected chi connectivity index (χ3v) is 7.84. The van der Waals surface area contributed by atoms with Crippen LogP contribution >= 0.6 is 11.8 Å². The maximum atomic E-state index is 13.0. The van der Waals surface area contributed by atoms with Gasteiger partial charge < -0.3 is 10.3 Å². The van der Waals surface area contributed by atoms with Gasteiger partial charge in [-0.3, -0.25) is 9.10 Å². The Kier molecular flexibility index (Phi) is 7.00. The summed E-state index contributed by atoms with van der Waals surface area (Å²) in [5.74, 6) is 1.45. The van der Waals surface area contributed by atoms with E-state index in [-0.39, 0.29) is 10.9 Å². The first-order valence-corrected chi connectivity index (χ1v) is 13.0. The summed E-state index contributed by atoms with van der Waals surface area (Å²) in [4.78, 5) is 19.7. The van der Waals surface area contributed by atoms with Crippen molar-refractivity contribution in [1.82, 2.24) is 15.3 Å². The molecule has 0 saturated heterocycles. The number of pyridine rings is 1. The molecule has 0 aliphatic rings. The number of anilines is 1. The van der Waals surface area contributed by atoms with Gasteiger partial charge in [0.2, 0.25) is 0 Å². The van der Waals surface area contributed by atoms with Crippen molar-refractivity contribution in [2.24, 2.45) is 0 Å². The molecule has 4 rings (SSSR count). The summed E-state index contributed by atoms with van der Waals surface area (Å²) >= 11 is 1.75. The quantitative estimate of drug-likeness (QED) is 0.353. The summed E-state index contributed by atoms with van der Waals surface area (Å²) in [6, 6.07) is 22.0. The first-order chi connectivity index (χ1) is 16.0. The Morgan fingerprint density at radius 1 is 1.06 bits per heavy atom. The minimum absolute atomic E-state index is 0.0398. The Labute approximate surface area is 197 Å². The number of aromatic amines is 1. The third kappa shape index (κ3) is 5.20. The van der Waals surface area contributed by atoms with Gasteiger partial charge in [0.15, 0.2) is 5.03 Å². The number of H-pyrrole nitrogens is 1. The molecule has 33 heavy (non-hydrogen) atoms. The lowest BCUT2D eigenvalue weighted by Crippen LogP contribution is -2.27. The minimum atomic E-state index is -3.84. The van der Waals surface area contributed by atoms with Gasteiger partial charge in [0.25, 0.3) is 15.9 Å². The number of nitrogens with one attached hydrogen (secondary N) is 2. The van der Waals surface area contributed by atoms with Crippen molar-refractivity contribution in [1.29, 1.82) is 0 Å². The van der Waals surface area contributed by atoms with Gasteiger partial charge in [0.1, 0.15) is 5.69 Å². The number of nitrogens with zero attached hydrogens (tertiary/aromatic N) is 2. The molecule has 0 unspecified atom stereocenters. The average molecular weight is 481 g/mol. The molecular weight excluding hydrogens is 456 g/mol. The van der Waals surface area contributed by atoms with Crippen molar-refractivity contribution in [2.75, 3.05) is 23.7 Å². The van der Waals surface area contributed by atoms with Crippen LogP contribution in [0.3, 0.4) is 0 Å². The maximum Gasteiger partial charge on any atom is 0.281 e. The summed E-state index contributed by atoms with van der Waals surface area (Å²) in [7, 11) is -2.36. The highest BCUT2D eigenvalue weighted by Gasteiger charge is 2.24. The van der Waals surface area contributed by atoms with E-state index >= 15 is 0 Å². The highest BCUT2D eigenvalue weighted by atomic mass is 32.2. The fraction of sp³-hybridized carbons (Fsp3) is 0.167. The monoisotopic (exact) mass is 480 g/mol. The predicted molar refractivity (Wildman–Crippen MR) is 133 cm³/mol. The lowest BCUT2D eigenvalue weighted by atomic mass is 10.2. The number of para-hydroxylation sites is 1. The Morgan fingerprint density at radius 3 is 2.61 bits per heavy atom. The Morgan fingerprint density at radius 2 is 1.85 bits per heavy atom. The number of fused-ring (bicyclic) bond motifs is 1. The van der Waals surface area contributed by atoms with E-state index in [1.54, 1.807) is 42.1 Å². The molecule has 0 spiro atoms. The fourth-order valence-electron chi connectivity index (χ4n) is 3.39. The van der Waals surface area contributed by atoms with E-state index in [4.69, 9.17) is 0 Å². The van der Waals surface area contributed by atoms with Crippen molar-refractivity contribution in [3.63, 3.8) is 0 Å². The molecule has 0 atom stereocenters. The maximum absolute atomic E-state index is 13.0. The number of carbonyl (C=O) groups is 1. The number of benzene rings is 2. The molecular formula is C24H24N4O3S2. The lowest BCUT2D eigenvalue weighted by molar-refractivity contribution is 0.0952. The summed E-state index contributed by atoms with van der Waals surface area (Å²) in [6.07, 6.45) is 1.44. The number of carbonyl (C=O) groups excluding carboxylic acids is 1. The standard InChI is InChI=1S/C24H24N4O3S2/c1-28(33(30,31)22-12-5-6-13-25-22)21-11-7-10-19-16-20(27-23(19)21)24(29)26-14-15-32-17-18-8-3-2-4-9-18/h2-13,16,27H,14-15,17H2,1H3,(H,26,29). The Bertz CT molecular complexity index is 1340. The lowest BCUT2D eigenvalue weighted by Gasteiger charge is -2.19. The molecule has 0 fully saturated rings. The van der Waals surface area contributed by atoms with E-state index < -0.39 is 10.0 Å². The zero-order valence-corrected chi connectivity index (χ0v) is 19.7. The van der Waals surface area contributed by atoms with Gasteiger partial charge in [-0.15, -0.1) is 0 Å². The highest BCUT2D eigenvalue weighted by molar-refractivity contribution is 7.98. The molecule has 0 aliphatic carbocycles. The van der Waals surface area contributed by atoms with Crippen molar-refractivity contribution in [2.45, 2.75) is 10.8 Å². The number of amides is 1. The fourth-order valence-corrected chi connectivity index (χ4v) is 5.35. The van der Waals surface area contributed by atoms with Gasteiger partial charge in [-0.1, -0.05) is 48.5 Å². The van der Waals surface area contributed by atoms with Crippen molar-refractivity contribution in [3.8, 4) is 0 Å². The number of hydrogen-bond acceptors (Lipinski definition) is 5. The topological polar surface area (TPSA) is 95.2 Å². The van der Waals surface area contributed by atoms with Gasteiger partial charge >= 0.3 is 0 Å². The molecule has 0 aliphatic heterocycles. The van der Waals surface area contributed by atoms with Gasteiger partial charge in [0.05, 0.1) is 11.2 Å². The van der Waals surface area contributed by atoms with E-state index in [1.807, 2.05) is 24.3 Å². The average Bonchev–Trinajstić information content (AvgIpc) is 3.29. The van der Waals surface area contributed by atoms with Crippen LogP contribution in [-0.4, -0.2) is 43.6 Å². The number of hydrogen-bond donors (Lipinski definition) is 2. The summed E-state index contributed by atoms with van der Waals surface area (Å²) in [5.41, 5.74) is 2.65. The highest BCUT2D eigenvalue weighted by Crippen LogP contribution is 2.29. The molecule has 0 radical (unpaired) electrons. The van der Waals surface area contributed by atoms with Crippen LogP contribution in [0.1, 0.15) is 16.1 Å². The van der Waals surface area contributed by atoms with E-state index in [1.165, 1.54) is 29.2 Å². The molecule has 0 saturated carbocycles. The molecule has 9 heteroatoms. The van der Waals surface area contributed by atoms with Crippen LogP contribution in [0.4, 0.5) is 5.69 Å².